The number of hydrogen-bond acceptors (Lipinski definition) is 4. The summed E-state index contributed by atoms with van der Waals surface area (Å²) in [5, 5.41) is 3.52. The Morgan fingerprint density at radius 3 is 2.55 bits per heavy atom. The average molecular weight is 304 g/mol. The molecule has 122 valence electrons. The number of nitrogens with two attached hydrogens (primary N) is 1. The second kappa shape index (κ2) is 8.79. The molecule has 1 aliphatic carbocycles. The Labute approximate surface area is 133 Å². The zero-order valence-corrected chi connectivity index (χ0v) is 13.5. The largest absolute Gasteiger partial charge is 0.469 e. The highest BCUT2D eigenvalue weighted by Crippen LogP contribution is 2.23. The topological polar surface area (TPSA) is 64.3 Å². The van der Waals surface area contributed by atoms with Crippen LogP contribution in [0.15, 0.2) is 24.3 Å². The summed E-state index contributed by atoms with van der Waals surface area (Å²) in [6, 6.07) is 8.94. The number of benzene rings is 1. The van der Waals surface area contributed by atoms with E-state index in [-0.39, 0.29) is 5.97 Å². The number of ether oxygens (including phenoxy) is 1. The molecule has 0 heterocycles. The Kier molecular flexibility index (Phi) is 6.72. The van der Waals surface area contributed by atoms with Gasteiger partial charge in [-0.2, -0.15) is 0 Å². The molecule has 0 atom stereocenters. The third-order valence-corrected chi connectivity index (χ3v) is 4.51. The first-order chi connectivity index (χ1) is 10.7. The lowest BCUT2D eigenvalue weighted by molar-refractivity contribution is -0.140. The summed E-state index contributed by atoms with van der Waals surface area (Å²) in [7, 11) is 1.43. The summed E-state index contributed by atoms with van der Waals surface area (Å²) in [6.45, 7) is 1.04. The highest BCUT2D eigenvalue weighted by Gasteiger charge is 2.17. The summed E-state index contributed by atoms with van der Waals surface area (Å²) < 4.78 is 4.65. The molecule has 1 aromatic carbocycles. The van der Waals surface area contributed by atoms with E-state index in [0.29, 0.717) is 12.5 Å². The van der Waals surface area contributed by atoms with E-state index in [1.54, 1.807) is 0 Å². The van der Waals surface area contributed by atoms with E-state index in [1.165, 1.54) is 31.2 Å². The number of aryl methyl sites for hydroxylation is 1. The van der Waals surface area contributed by atoms with Crippen LogP contribution in [0.25, 0.3) is 0 Å². The van der Waals surface area contributed by atoms with Gasteiger partial charge < -0.3 is 15.8 Å². The van der Waals surface area contributed by atoms with Crippen LogP contribution in [-0.4, -0.2) is 25.7 Å². The van der Waals surface area contributed by atoms with Gasteiger partial charge in [-0.25, -0.2) is 0 Å². The molecule has 0 radical (unpaired) electrons. The van der Waals surface area contributed by atoms with Crippen molar-refractivity contribution in [2.45, 2.75) is 51.0 Å². The van der Waals surface area contributed by atoms with E-state index in [2.05, 4.69) is 34.3 Å². The predicted octanol–water partition coefficient (Wildman–Crippen LogP) is 3.11. The SMILES string of the molecule is COC(=O)CCCc1ccc(NCC2CCC(N)CC2)cc1. The zero-order valence-electron chi connectivity index (χ0n) is 13.5. The van der Waals surface area contributed by atoms with Crippen LogP contribution < -0.4 is 11.1 Å². The predicted molar refractivity (Wildman–Crippen MR) is 89.8 cm³/mol. The Bertz CT molecular complexity index is 451. The minimum Gasteiger partial charge on any atom is -0.469 e. The summed E-state index contributed by atoms with van der Waals surface area (Å²) in [4.78, 5) is 11.1. The maximum atomic E-state index is 11.1. The van der Waals surface area contributed by atoms with Crippen LogP contribution in [0.5, 0.6) is 0 Å². The second-order valence-corrected chi connectivity index (χ2v) is 6.29. The molecule has 3 N–H and O–H groups in total. The van der Waals surface area contributed by atoms with Crippen LogP contribution in [0, 0.1) is 5.92 Å². The molecule has 0 aromatic heterocycles. The van der Waals surface area contributed by atoms with Crippen molar-refractivity contribution >= 4 is 11.7 Å². The number of esters is 1. The summed E-state index contributed by atoms with van der Waals surface area (Å²) in [6.07, 6.45) is 7.02. The lowest BCUT2D eigenvalue weighted by Gasteiger charge is -2.26. The van der Waals surface area contributed by atoms with Crippen molar-refractivity contribution in [3.63, 3.8) is 0 Å². The highest BCUT2D eigenvalue weighted by molar-refractivity contribution is 5.69. The Balaban J connectivity index is 1.69. The van der Waals surface area contributed by atoms with E-state index in [0.717, 1.165) is 38.1 Å². The van der Waals surface area contributed by atoms with E-state index in [4.69, 9.17) is 5.73 Å². The van der Waals surface area contributed by atoms with Crippen LogP contribution in [-0.2, 0) is 16.0 Å². The van der Waals surface area contributed by atoms with Gasteiger partial charge in [0.05, 0.1) is 7.11 Å². The first-order valence-corrected chi connectivity index (χ1v) is 8.32. The first kappa shape index (κ1) is 16.8. The van der Waals surface area contributed by atoms with Crippen LogP contribution in [0.2, 0.25) is 0 Å². The first-order valence-electron chi connectivity index (χ1n) is 8.32. The van der Waals surface area contributed by atoms with Gasteiger partial charge in [-0.15, -0.1) is 0 Å². The fourth-order valence-corrected chi connectivity index (χ4v) is 2.98. The number of hydrogen-bond donors (Lipinski definition) is 2. The second-order valence-electron chi connectivity index (χ2n) is 6.29. The van der Waals surface area contributed by atoms with Gasteiger partial charge in [-0.1, -0.05) is 12.1 Å². The molecular formula is C18H28N2O2. The molecule has 0 unspecified atom stereocenters. The van der Waals surface area contributed by atoms with Gasteiger partial charge in [-0.05, 0) is 62.1 Å². The zero-order chi connectivity index (χ0) is 15.8. The molecule has 0 saturated heterocycles. The lowest BCUT2D eigenvalue weighted by Crippen LogP contribution is -2.29. The molecule has 0 bridgehead atoms. The molecule has 4 nitrogen and oxygen atoms in total. The van der Waals surface area contributed by atoms with Crippen molar-refractivity contribution in [2.75, 3.05) is 19.0 Å². The van der Waals surface area contributed by atoms with Gasteiger partial charge in [0.2, 0.25) is 0 Å². The van der Waals surface area contributed by atoms with E-state index < -0.39 is 0 Å². The molecule has 1 saturated carbocycles. The normalized spacial score (nSPS) is 21.4. The van der Waals surface area contributed by atoms with Gasteiger partial charge in [0.1, 0.15) is 0 Å². The van der Waals surface area contributed by atoms with Crippen LogP contribution in [0.4, 0.5) is 5.69 Å². The maximum Gasteiger partial charge on any atom is 0.305 e. The van der Waals surface area contributed by atoms with Gasteiger partial charge >= 0.3 is 5.97 Å². The van der Waals surface area contributed by atoms with Crippen molar-refractivity contribution < 1.29 is 9.53 Å². The number of nitrogens with one attached hydrogen (secondary N) is 1. The molecule has 0 aliphatic heterocycles. The van der Waals surface area contributed by atoms with Crippen molar-refractivity contribution in [1.29, 1.82) is 0 Å². The number of carbonyl (C=O) groups is 1. The number of carbonyl (C=O) groups excluding carboxylic acids is 1. The molecule has 2 rings (SSSR count). The van der Waals surface area contributed by atoms with E-state index in [9.17, 15) is 4.79 Å². The van der Waals surface area contributed by atoms with Crippen molar-refractivity contribution in [1.82, 2.24) is 0 Å². The van der Waals surface area contributed by atoms with Crippen molar-refractivity contribution in [2.24, 2.45) is 11.7 Å². The fraction of sp³-hybridized carbons (Fsp3) is 0.611. The molecule has 1 aliphatic rings. The molecular weight excluding hydrogens is 276 g/mol. The molecule has 0 amide bonds. The summed E-state index contributed by atoms with van der Waals surface area (Å²) in [5.74, 6) is 0.616. The fourth-order valence-electron chi connectivity index (χ4n) is 2.98. The quantitative estimate of drug-likeness (QED) is 0.760. The summed E-state index contributed by atoms with van der Waals surface area (Å²) >= 11 is 0. The van der Waals surface area contributed by atoms with Crippen molar-refractivity contribution in [3.8, 4) is 0 Å². The Hall–Kier alpha value is -1.55. The third-order valence-electron chi connectivity index (χ3n) is 4.51. The number of methoxy groups -OCH3 is 1. The van der Waals surface area contributed by atoms with Gasteiger partial charge in [0, 0.05) is 24.7 Å². The van der Waals surface area contributed by atoms with Crippen LogP contribution in [0.1, 0.15) is 44.1 Å². The number of rotatable bonds is 7. The van der Waals surface area contributed by atoms with Gasteiger partial charge in [-0.3, -0.25) is 4.79 Å². The Morgan fingerprint density at radius 2 is 1.91 bits per heavy atom. The van der Waals surface area contributed by atoms with E-state index in [1.807, 2.05) is 0 Å². The smallest absolute Gasteiger partial charge is 0.305 e. The summed E-state index contributed by atoms with van der Waals surface area (Å²) in [5.41, 5.74) is 8.37. The van der Waals surface area contributed by atoms with E-state index >= 15 is 0 Å². The molecule has 0 spiro atoms. The standard InChI is InChI=1S/C18H28N2O2/c1-22-18(21)4-2-3-14-7-11-17(12-8-14)20-13-15-5-9-16(19)10-6-15/h7-8,11-12,15-16,20H,2-6,9-10,13,19H2,1H3. The Morgan fingerprint density at radius 1 is 1.23 bits per heavy atom. The molecule has 22 heavy (non-hydrogen) atoms. The van der Waals surface area contributed by atoms with Gasteiger partial charge in [0.25, 0.3) is 0 Å². The third kappa shape index (κ3) is 5.68. The monoisotopic (exact) mass is 304 g/mol. The lowest BCUT2D eigenvalue weighted by atomic mass is 9.86. The number of anilines is 1. The highest BCUT2D eigenvalue weighted by atomic mass is 16.5. The minimum absolute atomic E-state index is 0.134. The molecule has 1 aromatic rings. The van der Waals surface area contributed by atoms with Crippen LogP contribution in [0.3, 0.4) is 0 Å². The molecule has 1 fully saturated rings. The van der Waals surface area contributed by atoms with Crippen LogP contribution >= 0.6 is 0 Å². The van der Waals surface area contributed by atoms with Gasteiger partial charge in [0.15, 0.2) is 0 Å². The maximum absolute atomic E-state index is 11.1. The molecule has 4 heteroatoms. The van der Waals surface area contributed by atoms with Crippen molar-refractivity contribution in [3.05, 3.63) is 29.8 Å². The minimum atomic E-state index is -0.134. The average Bonchev–Trinajstić information content (AvgIpc) is 2.55.